The summed E-state index contributed by atoms with van der Waals surface area (Å²) < 4.78 is 0. The Labute approximate surface area is 206 Å². The molecule has 0 spiro atoms. The van der Waals surface area contributed by atoms with Crippen molar-refractivity contribution in [3.63, 3.8) is 0 Å². The number of benzene rings is 2. The third-order valence-electron chi connectivity index (χ3n) is 7.27. The summed E-state index contributed by atoms with van der Waals surface area (Å²) in [4.78, 5) is 20.5. The second kappa shape index (κ2) is 12.4. The minimum Gasteiger partial charge on any atom is -0.508 e. The maximum absolute atomic E-state index is 13.5. The molecule has 1 N–H and O–H groups in total. The van der Waals surface area contributed by atoms with Crippen molar-refractivity contribution in [1.82, 2.24) is 14.7 Å². The maximum Gasteiger partial charge on any atom is 0.254 e. The number of unbranched alkanes of at least 4 members (excludes halogenated alkanes) is 2. The highest BCUT2D eigenvalue weighted by atomic mass is 16.3. The highest BCUT2D eigenvalue weighted by molar-refractivity contribution is 5.96. The first-order valence-corrected chi connectivity index (χ1v) is 13.1. The van der Waals surface area contributed by atoms with Crippen molar-refractivity contribution in [3.8, 4) is 5.75 Å². The zero-order valence-corrected chi connectivity index (χ0v) is 21.7. The number of phenolic OH excluding ortho intramolecular Hbond substituents is 1. The van der Waals surface area contributed by atoms with Crippen molar-refractivity contribution in [2.45, 2.75) is 72.0 Å². The summed E-state index contributed by atoms with van der Waals surface area (Å²) in [5.41, 5.74) is 2.80. The fraction of sp³-hybridized carbons (Fsp3) is 0.552. The Kier molecular flexibility index (Phi) is 9.54. The van der Waals surface area contributed by atoms with Gasteiger partial charge in [0.1, 0.15) is 5.75 Å². The molecule has 1 aliphatic heterocycles. The van der Waals surface area contributed by atoms with Crippen molar-refractivity contribution < 1.29 is 9.90 Å². The summed E-state index contributed by atoms with van der Waals surface area (Å²) in [6, 6.07) is 16.2. The number of phenols is 1. The average Bonchev–Trinajstić information content (AvgIpc) is 2.83. The Balaban J connectivity index is 2.02. The molecule has 1 fully saturated rings. The second-order valence-corrected chi connectivity index (χ2v) is 9.66. The number of hydrogen-bond donors (Lipinski definition) is 1. The number of carbonyl (C=O) groups is 1. The lowest BCUT2D eigenvalue weighted by Crippen LogP contribution is -2.57. The van der Waals surface area contributed by atoms with Gasteiger partial charge in [0.05, 0.1) is 6.04 Å². The molecule has 1 amide bonds. The van der Waals surface area contributed by atoms with E-state index in [4.69, 9.17) is 0 Å². The van der Waals surface area contributed by atoms with E-state index in [2.05, 4.69) is 42.7 Å². The van der Waals surface area contributed by atoms with E-state index in [1.54, 1.807) is 6.07 Å². The quantitative estimate of drug-likeness (QED) is 0.468. The molecular weight excluding hydrogens is 422 g/mol. The molecule has 5 nitrogen and oxygen atoms in total. The molecule has 2 aromatic carbocycles. The molecule has 2 aromatic rings. The van der Waals surface area contributed by atoms with Gasteiger partial charge in [0.25, 0.3) is 5.91 Å². The first-order chi connectivity index (χ1) is 16.4. The molecule has 0 aromatic heterocycles. The van der Waals surface area contributed by atoms with Crippen LogP contribution >= 0.6 is 0 Å². The molecule has 34 heavy (non-hydrogen) atoms. The molecule has 0 saturated carbocycles. The minimum atomic E-state index is -0.0990. The second-order valence-electron chi connectivity index (χ2n) is 9.66. The normalized spacial score (nSPS) is 20.3. The lowest BCUT2D eigenvalue weighted by atomic mass is 9.90. The SMILES string of the molecule is CCCCCN1C[C@H](C)N([C@H](c2cccc(O)c2)c2ccccc2C(=O)N(CC)CC)C[C@H]1C. The number of aromatic hydroxyl groups is 1. The van der Waals surface area contributed by atoms with Gasteiger partial charge < -0.3 is 10.0 Å². The monoisotopic (exact) mass is 465 g/mol. The molecule has 1 aliphatic rings. The van der Waals surface area contributed by atoms with Crippen LogP contribution in [0.2, 0.25) is 0 Å². The van der Waals surface area contributed by atoms with Gasteiger partial charge >= 0.3 is 0 Å². The molecule has 5 heteroatoms. The van der Waals surface area contributed by atoms with Crippen LogP contribution in [0.4, 0.5) is 0 Å². The highest BCUT2D eigenvalue weighted by Gasteiger charge is 2.36. The van der Waals surface area contributed by atoms with Gasteiger partial charge in [0.15, 0.2) is 0 Å². The maximum atomic E-state index is 13.5. The number of nitrogens with zero attached hydrogens (tertiary/aromatic N) is 3. The number of piperazine rings is 1. The summed E-state index contributed by atoms with van der Waals surface area (Å²) in [7, 11) is 0. The Morgan fingerprint density at radius 1 is 1.00 bits per heavy atom. The van der Waals surface area contributed by atoms with Crippen LogP contribution in [0.15, 0.2) is 48.5 Å². The molecule has 0 unspecified atom stereocenters. The molecule has 3 atom stereocenters. The standard InChI is InChI=1S/C29H43N3O2/c1-6-9-12-18-31-20-23(5)32(21-22(31)4)28(24-14-13-15-25(33)19-24)26-16-10-11-17-27(26)29(34)30(7-2)8-3/h10-11,13-17,19,22-23,28,33H,6-9,12,18,20-21H2,1-5H3/t22-,23+,28-/m1/s1. The van der Waals surface area contributed by atoms with E-state index in [-0.39, 0.29) is 17.7 Å². The molecule has 3 rings (SSSR count). The van der Waals surface area contributed by atoms with Gasteiger partial charge in [-0.05, 0) is 70.0 Å². The summed E-state index contributed by atoms with van der Waals surface area (Å²) in [5, 5.41) is 10.3. The predicted octanol–water partition coefficient (Wildman–Crippen LogP) is 5.55. The molecule has 1 saturated heterocycles. The van der Waals surface area contributed by atoms with E-state index in [9.17, 15) is 9.90 Å². The Hall–Kier alpha value is -2.37. The van der Waals surface area contributed by atoms with Crippen LogP contribution in [0.25, 0.3) is 0 Å². The van der Waals surface area contributed by atoms with E-state index >= 15 is 0 Å². The Morgan fingerprint density at radius 2 is 1.74 bits per heavy atom. The fourth-order valence-corrected chi connectivity index (χ4v) is 5.32. The molecule has 186 valence electrons. The van der Waals surface area contributed by atoms with Gasteiger partial charge in [-0.2, -0.15) is 0 Å². The number of rotatable bonds is 10. The van der Waals surface area contributed by atoms with E-state index in [1.807, 2.05) is 49.1 Å². The predicted molar refractivity (Wildman–Crippen MR) is 140 cm³/mol. The van der Waals surface area contributed by atoms with Crippen molar-refractivity contribution in [3.05, 3.63) is 65.2 Å². The first kappa shape index (κ1) is 26.2. The summed E-state index contributed by atoms with van der Waals surface area (Å²) in [6.45, 7) is 15.3. The Morgan fingerprint density at radius 3 is 2.41 bits per heavy atom. The van der Waals surface area contributed by atoms with Crippen molar-refractivity contribution in [2.24, 2.45) is 0 Å². The highest BCUT2D eigenvalue weighted by Crippen LogP contribution is 2.36. The van der Waals surface area contributed by atoms with Crippen LogP contribution in [-0.2, 0) is 0 Å². The van der Waals surface area contributed by atoms with Crippen molar-refractivity contribution in [1.29, 1.82) is 0 Å². The van der Waals surface area contributed by atoms with Gasteiger partial charge in [0, 0.05) is 43.8 Å². The van der Waals surface area contributed by atoms with Crippen LogP contribution in [0.1, 0.15) is 81.4 Å². The van der Waals surface area contributed by atoms with Gasteiger partial charge in [-0.1, -0.05) is 50.1 Å². The van der Waals surface area contributed by atoms with Gasteiger partial charge in [-0.3, -0.25) is 14.6 Å². The summed E-state index contributed by atoms with van der Waals surface area (Å²) in [5.74, 6) is 0.332. The van der Waals surface area contributed by atoms with Gasteiger partial charge in [-0.15, -0.1) is 0 Å². The summed E-state index contributed by atoms with van der Waals surface area (Å²) >= 11 is 0. The summed E-state index contributed by atoms with van der Waals surface area (Å²) in [6.07, 6.45) is 3.75. The van der Waals surface area contributed by atoms with Crippen molar-refractivity contribution >= 4 is 5.91 Å². The third kappa shape index (κ3) is 6.00. The molecule has 0 radical (unpaired) electrons. The molecule has 0 bridgehead atoms. The minimum absolute atomic E-state index is 0.0738. The molecule has 0 aliphatic carbocycles. The van der Waals surface area contributed by atoms with Crippen LogP contribution in [-0.4, -0.2) is 70.5 Å². The number of amides is 1. The number of hydrogen-bond acceptors (Lipinski definition) is 4. The Bertz CT molecular complexity index is 927. The molecule has 1 heterocycles. The van der Waals surface area contributed by atoms with E-state index in [1.165, 1.54) is 19.3 Å². The largest absolute Gasteiger partial charge is 0.508 e. The zero-order chi connectivity index (χ0) is 24.7. The number of carbonyl (C=O) groups excluding carboxylic acids is 1. The van der Waals surface area contributed by atoms with Crippen molar-refractivity contribution in [2.75, 3.05) is 32.7 Å². The smallest absolute Gasteiger partial charge is 0.254 e. The van der Waals surface area contributed by atoms with Crippen LogP contribution < -0.4 is 0 Å². The average molecular weight is 466 g/mol. The molecular formula is C29H43N3O2. The van der Waals surface area contributed by atoms with E-state index in [0.717, 1.165) is 36.3 Å². The van der Waals surface area contributed by atoms with E-state index in [0.29, 0.717) is 25.2 Å². The van der Waals surface area contributed by atoms with Crippen LogP contribution in [0, 0.1) is 0 Å². The lowest BCUT2D eigenvalue weighted by Gasteiger charge is -2.48. The van der Waals surface area contributed by atoms with E-state index < -0.39 is 0 Å². The fourth-order valence-electron chi connectivity index (χ4n) is 5.32. The lowest BCUT2D eigenvalue weighted by molar-refractivity contribution is 0.0229. The third-order valence-corrected chi connectivity index (χ3v) is 7.27. The first-order valence-electron chi connectivity index (χ1n) is 13.1. The zero-order valence-electron chi connectivity index (χ0n) is 21.7. The van der Waals surface area contributed by atoms with Crippen LogP contribution in [0.5, 0.6) is 5.75 Å². The van der Waals surface area contributed by atoms with Crippen LogP contribution in [0.3, 0.4) is 0 Å². The van der Waals surface area contributed by atoms with Gasteiger partial charge in [0.2, 0.25) is 0 Å². The van der Waals surface area contributed by atoms with Gasteiger partial charge in [-0.25, -0.2) is 0 Å². The topological polar surface area (TPSA) is 47.0 Å².